The standard InChI is InChI=1S/C14H17FN2O2/c1-8(16)12-6-11(15)4-5-14(12)18-7-13-9(2)17-19-10(13)3/h4-6,8H,7,16H2,1-3H3/t8-/m0/s1. The molecule has 1 aromatic carbocycles. The first kappa shape index (κ1) is 13.5. The zero-order valence-electron chi connectivity index (χ0n) is 11.2. The third kappa shape index (κ3) is 2.93. The van der Waals surface area contributed by atoms with Crippen LogP contribution in [0.3, 0.4) is 0 Å². The van der Waals surface area contributed by atoms with Crippen molar-refractivity contribution in [2.45, 2.75) is 33.4 Å². The molecule has 4 nitrogen and oxygen atoms in total. The summed E-state index contributed by atoms with van der Waals surface area (Å²) in [6, 6.07) is 4.05. The molecule has 0 saturated carbocycles. The van der Waals surface area contributed by atoms with Gasteiger partial charge in [0.2, 0.25) is 0 Å². The number of nitrogens with zero attached hydrogens (tertiary/aromatic N) is 1. The molecule has 5 heteroatoms. The van der Waals surface area contributed by atoms with E-state index >= 15 is 0 Å². The van der Waals surface area contributed by atoms with Crippen LogP contribution in [0.25, 0.3) is 0 Å². The molecule has 2 rings (SSSR count). The Kier molecular flexibility index (Phi) is 3.85. The van der Waals surface area contributed by atoms with E-state index in [0.29, 0.717) is 17.9 Å². The van der Waals surface area contributed by atoms with Crippen LogP contribution in [0.2, 0.25) is 0 Å². The smallest absolute Gasteiger partial charge is 0.140 e. The van der Waals surface area contributed by atoms with E-state index in [4.69, 9.17) is 15.0 Å². The first-order chi connectivity index (χ1) is 8.99. The van der Waals surface area contributed by atoms with E-state index in [1.165, 1.54) is 12.1 Å². The zero-order valence-corrected chi connectivity index (χ0v) is 11.2. The maximum Gasteiger partial charge on any atom is 0.140 e. The van der Waals surface area contributed by atoms with Crippen LogP contribution in [0.5, 0.6) is 5.75 Å². The summed E-state index contributed by atoms with van der Waals surface area (Å²) in [5.74, 6) is 0.982. The van der Waals surface area contributed by atoms with Crippen molar-refractivity contribution in [1.29, 1.82) is 0 Å². The number of ether oxygens (including phenoxy) is 1. The van der Waals surface area contributed by atoms with Crippen molar-refractivity contribution in [3.63, 3.8) is 0 Å². The Morgan fingerprint density at radius 3 is 2.74 bits per heavy atom. The van der Waals surface area contributed by atoms with Crippen molar-refractivity contribution in [2.24, 2.45) is 5.73 Å². The van der Waals surface area contributed by atoms with Crippen molar-refractivity contribution in [3.05, 3.63) is 46.6 Å². The fourth-order valence-corrected chi connectivity index (χ4v) is 1.86. The van der Waals surface area contributed by atoms with Crippen LogP contribution in [0, 0.1) is 19.7 Å². The monoisotopic (exact) mass is 264 g/mol. The van der Waals surface area contributed by atoms with Crippen LogP contribution in [0.15, 0.2) is 22.7 Å². The van der Waals surface area contributed by atoms with E-state index < -0.39 is 0 Å². The van der Waals surface area contributed by atoms with Gasteiger partial charge in [0.25, 0.3) is 0 Å². The van der Waals surface area contributed by atoms with Gasteiger partial charge in [-0.25, -0.2) is 4.39 Å². The predicted octanol–water partition coefficient (Wildman–Crippen LogP) is 3.03. The van der Waals surface area contributed by atoms with Crippen LogP contribution < -0.4 is 10.5 Å². The van der Waals surface area contributed by atoms with E-state index in [-0.39, 0.29) is 11.9 Å². The Bertz CT molecular complexity index is 559. The molecule has 0 radical (unpaired) electrons. The highest BCUT2D eigenvalue weighted by Crippen LogP contribution is 2.26. The number of hydrogen-bond acceptors (Lipinski definition) is 4. The van der Waals surface area contributed by atoms with Gasteiger partial charge >= 0.3 is 0 Å². The van der Waals surface area contributed by atoms with Gasteiger partial charge in [0.1, 0.15) is 23.9 Å². The Labute approximate surface area is 111 Å². The Morgan fingerprint density at radius 1 is 1.42 bits per heavy atom. The zero-order chi connectivity index (χ0) is 14.0. The van der Waals surface area contributed by atoms with Gasteiger partial charge in [0, 0.05) is 11.6 Å². The molecule has 0 saturated heterocycles. The lowest BCUT2D eigenvalue weighted by Crippen LogP contribution is -2.09. The van der Waals surface area contributed by atoms with Crippen LogP contribution in [-0.4, -0.2) is 5.16 Å². The van der Waals surface area contributed by atoms with Crippen molar-refractivity contribution in [2.75, 3.05) is 0 Å². The van der Waals surface area contributed by atoms with Crippen molar-refractivity contribution < 1.29 is 13.7 Å². The van der Waals surface area contributed by atoms with Crippen molar-refractivity contribution in [3.8, 4) is 5.75 Å². The third-order valence-electron chi connectivity index (χ3n) is 3.02. The second-order valence-electron chi connectivity index (χ2n) is 4.56. The molecular weight excluding hydrogens is 247 g/mol. The highest BCUT2D eigenvalue weighted by molar-refractivity contribution is 5.36. The molecule has 1 aromatic heterocycles. The minimum Gasteiger partial charge on any atom is -0.488 e. The van der Waals surface area contributed by atoms with Crippen molar-refractivity contribution in [1.82, 2.24) is 5.16 Å². The number of hydrogen-bond donors (Lipinski definition) is 1. The third-order valence-corrected chi connectivity index (χ3v) is 3.02. The normalized spacial score (nSPS) is 12.5. The molecule has 2 aromatic rings. The summed E-state index contributed by atoms with van der Waals surface area (Å²) in [4.78, 5) is 0. The Balaban J connectivity index is 2.20. The van der Waals surface area contributed by atoms with Gasteiger partial charge in [0.15, 0.2) is 0 Å². The van der Waals surface area contributed by atoms with Gasteiger partial charge in [-0.05, 0) is 39.0 Å². The average Bonchev–Trinajstić information content (AvgIpc) is 2.68. The second-order valence-corrected chi connectivity index (χ2v) is 4.56. The fourth-order valence-electron chi connectivity index (χ4n) is 1.86. The maximum absolute atomic E-state index is 13.2. The topological polar surface area (TPSA) is 61.3 Å². The minimum atomic E-state index is -0.322. The molecule has 0 amide bonds. The molecule has 102 valence electrons. The molecule has 19 heavy (non-hydrogen) atoms. The SMILES string of the molecule is Cc1noc(C)c1COc1ccc(F)cc1[C@H](C)N. The average molecular weight is 264 g/mol. The number of nitrogens with two attached hydrogens (primary N) is 1. The molecule has 0 aliphatic heterocycles. The van der Waals surface area contributed by atoms with Gasteiger partial charge in [-0.2, -0.15) is 0 Å². The van der Waals surface area contributed by atoms with Gasteiger partial charge in [0.05, 0.1) is 11.3 Å². The molecule has 0 unspecified atom stereocenters. The summed E-state index contributed by atoms with van der Waals surface area (Å²) in [7, 11) is 0. The van der Waals surface area contributed by atoms with E-state index in [1.807, 2.05) is 13.8 Å². The predicted molar refractivity (Wildman–Crippen MR) is 69.3 cm³/mol. The van der Waals surface area contributed by atoms with E-state index in [9.17, 15) is 4.39 Å². The molecule has 0 bridgehead atoms. The number of benzene rings is 1. The summed E-state index contributed by atoms with van der Waals surface area (Å²) in [6.07, 6.45) is 0. The number of halogens is 1. The number of aromatic nitrogens is 1. The summed E-state index contributed by atoms with van der Waals surface area (Å²) in [5, 5.41) is 3.86. The highest BCUT2D eigenvalue weighted by Gasteiger charge is 2.13. The molecule has 0 aliphatic carbocycles. The molecule has 1 atom stereocenters. The van der Waals surface area contributed by atoms with Crippen LogP contribution in [0.4, 0.5) is 4.39 Å². The second kappa shape index (κ2) is 5.40. The Morgan fingerprint density at radius 2 is 2.16 bits per heavy atom. The first-order valence-electron chi connectivity index (χ1n) is 6.08. The maximum atomic E-state index is 13.2. The minimum absolute atomic E-state index is 0.296. The summed E-state index contributed by atoms with van der Waals surface area (Å²) in [5.41, 5.74) is 8.16. The van der Waals surface area contributed by atoms with Gasteiger partial charge in [-0.1, -0.05) is 5.16 Å². The van der Waals surface area contributed by atoms with E-state index in [0.717, 1.165) is 17.0 Å². The van der Waals surface area contributed by atoms with Gasteiger partial charge in [-0.15, -0.1) is 0 Å². The first-order valence-corrected chi connectivity index (χ1v) is 6.08. The number of rotatable bonds is 4. The highest BCUT2D eigenvalue weighted by atomic mass is 19.1. The lowest BCUT2D eigenvalue weighted by atomic mass is 10.1. The largest absolute Gasteiger partial charge is 0.488 e. The van der Waals surface area contributed by atoms with E-state index in [1.54, 1.807) is 13.0 Å². The van der Waals surface area contributed by atoms with Crippen molar-refractivity contribution >= 4 is 0 Å². The molecule has 0 fully saturated rings. The Hall–Kier alpha value is -1.88. The van der Waals surface area contributed by atoms with E-state index in [2.05, 4.69) is 5.16 Å². The molecule has 2 N–H and O–H groups in total. The quantitative estimate of drug-likeness (QED) is 0.922. The van der Waals surface area contributed by atoms with Gasteiger partial charge < -0.3 is 15.0 Å². The summed E-state index contributed by atoms with van der Waals surface area (Å²) < 4.78 is 24.0. The lowest BCUT2D eigenvalue weighted by Gasteiger charge is -2.14. The molecule has 0 spiro atoms. The summed E-state index contributed by atoms with van der Waals surface area (Å²) in [6.45, 7) is 5.80. The lowest BCUT2D eigenvalue weighted by molar-refractivity contribution is 0.296. The summed E-state index contributed by atoms with van der Waals surface area (Å²) >= 11 is 0. The van der Waals surface area contributed by atoms with Crippen LogP contribution >= 0.6 is 0 Å². The van der Waals surface area contributed by atoms with Crippen LogP contribution in [0.1, 0.15) is 35.5 Å². The molecule has 1 heterocycles. The molecule has 0 aliphatic rings. The molecular formula is C14H17FN2O2. The number of aryl methyl sites for hydroxylation is 2. The van der Waals surface area contributed by atoms with Gasteiger partial charge in [-0.3, -0.25) is 0 Å². The van der Waals surface area contributed by atoms with Crippen LogP contribution in [-0.2, 0) is 6.61 Å². The fraction of sp³-hybridized carbons (Fsp3) is 0.357.